The molecule has 0 unspecified atom stereocenters. The first kappa shape index (κ1) is 16.7. The van der Waals surface area contributed by atoms with E-state index in [4.69, 9.17) is 11.6 Å². The van der Waals surface area contributed by atoms with Gasteiger partial charge < -0.3 is 0 Å². The van der Waals surface area contributed by atoms with E-state index in [0.717, 1.165) is 5.57 Å². The zero-order chi connectivity index (χ0) is 12.9. The average Bonchev–Trinajstić information content (AvgIpc) is 1.98. The number of rotatable bonds is 6. The van der Waals surface area contributed by atoms with Gasteiger partial charge in [0.25, 0.3) is 0 Å². The number of hydrogen-bond acceptors (Lipinski definition) is 3. The Morgan fingerprint density at radius 3 is 1.88 bits per heavy atom. The molecule has 0 aromatic carbocycles. The van der Waals surface area contributed by atoms with Crippen LogP contribution >= 0.6 is 39.9 Å². The number of halogens is 1. The Morgan fingerprint density at radius 1 is 1.25 bits per heavy atom. The molecular formula is C11H20ClOPS2. The SMILES string of the molecule is C=C(C)C(Cl)=CP(=O)(SC(C)C)SC(C)C. The van der Waals surface area contributed by atoms with Gasteiger partial charge in [-0.2, -0.15) is 0 Å². The third-order valence-electron chi connectivity index (χ3n) is 1.39. The molecule has 0 rings (SSSR count). The van der Waals surface area contributed by atoms with E-state index in [2.05, 4.69) is 6.58 Å². The Labute approximate surface area is 112 Å². The minimum atomic E-state index is -2.46. The van der Waals surface area contributed by atoms with Gasteiger partial charge in [0.15, 0.2) is 0 Å². The van der Waals surface area contributed by atoms with E-state index in [9.17, 15) is 4.57 Å². The Morgan fingerprint density at radius 2 is 1.62 bits per heavy atom. The summed E-state index contributed by atoms with van der Waals surface area (Å²) >= 11 is 9.01. The van der Waals surface area contributed by atoms with Crippen molar-refractivity contribution in [1.29, 1.82) is 0 Å². The van der Waals surface area contributed by atoms with Crippen LogP contribution in [0.25, 0.3) is 0 Å². The summed E-state index contributed by atoms with van der Waals surface area (Å²) in [7, 11) is 0. The van der Waals surface area contributed by atoms with Crippen molar-refractivity contribution in [3.63, 3.8) is 0 Å². The fourth-order valence-electron chi connectivity index (χ4n) is 0.922. The lowest BCUT2D eigenvalue weighted by atomic mass is 10.3. The van der Waals surface area contributed by atoms with Crippen LogP contribution in [0.5, 0.6) is 0 Å². The van der Waals surface area contributed by atoms with E-state index in [0.29, 0.717) is 15.5 Å². The van der Waals surface area contributed by atoms with E-state index in [1.165, 1.54) is 22.8 Å². The molecule has 0 radical (unpaired) electrons. The van der Waals surface area contributed by atoms with E-state index in [-0.39, 0.29) is 0 Å². The average molecular weight is 299 g/mol. The third kappa shape index (κ3) is 7.11. The maximum Gasteiger partial charge on any atom is 0.214 e. The van der Waals surface area contributed by atoms with Crippen LogP contribution in [0.3, 0.4) is 0 Å². The monoisotopic (exact) mass is 298 g/mol. The molecule has 5 heteroatoms. The molecule has 0 aromatic heterocycles. The van der Waals surface area contributed by atoms with Crippen molar-refractivity contribution in [2.45, 2.75) is 45.1 Å². The summed E-state index contributed by atoms with van der Waals surface area (Å²) in [5.74, 6) is 1.69. The lowest BCUT2D eigenvalue weighted by Crippen LogP contribution is -1.89. The predicted molar refractivity (Wildman–Crippen MR) is 81.8 cm³/mol. The molecule has 0 aliphatic rings. The van der Waals surface area contributed by atoms with Crippen LogP contribution < -0.4 is 0 Å². The lowest BCUT2D eigenvalue weighted by Gasteiger charge is -2.18. The van der Waals surface area contributed by atoms with Crippen LogP contribution in [-0.4, -0.2) is 10.5 Å². The quantitative estimate of drug-likeness (QED) is 0.434. The molecule has 0 heterocycles. The molecule has 0 atom stereocenters. The molecule has 0 aliphatic carbocycles. The minimum absolute atomic E-state index is 0.322. The Hall–Kier alpha value is 0.700. The Kier molecular flexibility index (Phi) is 7.52. The van der Waals surface area contributed by atoms with Crippen LogP contribution in [0, 0.1) is 0 Å². The van der Waals surface area contributed by atoms with Gasteiger partial charge in [-0.05, 0) is 12.5 Å². The lowest BCUT2D eigenvalue weighted by molar-refractivity contribution is 0.598. The molecule has 16 heavy (non-hydrogen) atoms. The van der Waals surface area contributed by atoms with Gasteiger partial charge in [0.05, 0.1) is 0 Å². The second-order valence-corrected chi connectivity index (χ2v) is 13.4. The van der Waals surface area contributed by atoms with Crippen molar-refractivity contribution < 1.29 is 4.57 Å². The first-order chi connectivity index (χ1) is 7.16. The molecule has 0 bridgehead atoms. The van der Waals surface area contributed by atoms with Gasteiger partial charge in [-0.1, -0.05) is 68.6 Å². The molecule has 0 saturated carbocycles. The molecule has 0 spiro atoms. The smallest absolute Gasteiger partial charge is 0.214 e. The topological polar surface area (TPSA) is 17.1 Å². The first-order valence-corrected chi connectivity index (χ1v) is 10.3. The van der Waals surface area contributed by atoms with Gasteiger partial charge in [-0.3, -0.25) is 4.57 Å². The summed E-state index contributed by atoms with van der Waals surface area (Å²) in [5, 5.41) is 1.16. The molecule has 0 fully saturated rings. The largest absolute Gasteiger partial charge is 0.296 e. The summed E-state index contributed by atoms with van der Waals surface area (Å²) in [6, 6.07) is 0. The molecule has 94 valence electrons. The van der Waals surface area contributed by atoms with Gasteiger partial charge >= 0.3 is 0 Å². The van der Waals surface area contributed by atoms with Gasteiger partial charge in [-0.25, -0.2) is 0 Å². The van der Waals surface area contributed by atoms with Crippen LogP contribution in [0.4, 0.5) is 0 Å². The van der Waals surface area contributed by atoms with E-state index >= 15 is 0 Å². The zero-order valence-corrected chi connectivity index (χ0v) is 13.8. The van der Waals surface area contributed by atoms with Crippen molar-refractivity contribution in [1.82, 2.24) is 0 Å². The molecule has 0 aromatic rings. The van der Waals surface area contributed by atoms with Crippen LogP contribution in [0.2, 0.25) is 0 Å². The summed E-state index contributed by atoms with van der Waals surface area (Å²) in [4.78, 5) is 0. The highest BCUT2D eigenvalue weighted by Crippen LogP contribution is 2.73. The van der Waals surface area contributed by atoms with E-state index < -0.39 is 5.55 Å². The van der Waals surface area contributed by atoms with Gasteiger partial charge in [0.2, 0.25) is 5.55 Å². The number of allylic oxidation sites excluding steroid dienone is 2. The summed E-state index contributed by atoms with van der Waals surface area (Å²) < 4.78 is 12.7. The van der Waals surface area contributed by atoms with Crippen molar-refractivity contribution in [3.05, 3.63) is 23.0 Å². The molecule has 0 saturated heterocycles. The van der Waals surface area contributed by atoms with E-state index in [1.54, 1.807) is 5.82 Å². The second-order valence-electron chi connectivity index (χ2n) is 4.11. The van der Waals surface area contributed by atoms with Crippen LogP contribution in [0.15, 0.2) is 23.0 Å². The molecule has 0 amide bonds. The summed E-state index contributed by atoms with van der Waals surface area (Å²) in [5.41, 5.74) is -1.70. The fraction of sp³-hybridized carbons (Fsp3) is 0.636. The fourth-order valence-corrected chi connectivity index (χ4v) is 11.7. The Bertz CT molecular complexity index is 310. The van der Waals surface area contributed by atoms with Gasteiger partial charge in [-0.15, -0.1) is 0 Å². The van der Waals surface area contributed by atoms with Crippen molar-refractivity contribution in [3.8, 4) is 0 Å². The van der Waals surface area contributed by atoms with Gasteiger partial charge in [0.1, 0.15) is 0 Å². The summed E-state index contributed by atoms with van der Waals surface area (Å²) in [6.45, 7) is 13.7. The predicted octanol–water partition coefficient (Wildman–Crippen LogP) is 6.12. The van der Waals surface area contributed by atoms with Crippen LogP contribution in [-0.2, 0) is 4.57 Å². The molecule has 0 N–H and O–H groups in total. The third-order valence-corrected chi connectivity index (χ3v) is 10.5. The molecule has 0 aliphatic heterocycles. The van der Waals surface area contributed by atoms with Crippen molar-refractivity contribution >= 4 is 39.9 Å². The highest BCUT2D eigenvalue weighted by molar-refractivity contribution is 8.91. The standard InChI is InChI=1S/C11H20ClOPS2/c1-8(2)11(12)7-14(13,15-9(3)4)16-10(5)6/h7,9-10H,1H2,2-6H3. The Balaban J connectivity index is 5.01. The minimum Gasteiger partial charge on any atom is -0.296 e. The van der Waals surface area contributed by atoms with Crippen LogP contribution in [0.1, 0.15) is 34.6 Å². The normalized spacial score (nSPS) is 13.6. The second kappa shape index (κ2) is 7.20. The van der Waals surface area contributed by atoms with E-state index in [1.807, 2.05) is 34.6 Å². The zero-order valence-electron chi connectivity index (χ0n) is 10.5. The maximum atomic E-state index is 12.7. The molecular weight excluding hydrogens is 279 g/mol. The van der Waals surface area contributed by atoms with Crippen molar-refractivity contribution in [2.24, 2.45) is 0 Å². The highest BCUT2D eigenvalue weighted by atomic mass is 35.5. The summed E-state index contributed by atoms with van der Waals surface area (Å²) in [6.07, 6.45) is 0. The number of hydrogen-bond donors (Lipinski definition) is 0. The van der Waals surface area contributed by atoms with Gasteiger partial charge in [0, 0.05) is 21.3 Å². The highest BCUT2D eigenvalue weighted by Gasteiger charge is 2.24. The first-order valence-electron chi connectivity index (χ1n) is 5.17. The maximum absolute atomic E-state index is 12.7. The molecule has 1 nitrogen and oxygen atoms in total. The van der Waals surface area contributed by atoms with Crippen molar-refractivity contribution in [2.75, 3.05) is 0 Å².